The highest BCUT2D eigenvalue weighted by atomic mass is 19.1. The van der Waals surface area contributed by atoms with Crippen molar-refractivity contribution in [1.29, 1.82) is 0 Å². The molecule has 1 fully saturated rings. The van der Waals surface area contributed by atoms with Crippen LogP contribution in [-0.4, -0.2) is 48.0 Å². The van der Waals surface area contributed by atoms with Gasteiger partial charge in [0.25, 0.3) is 0 Å². The van der Waals surface area contributed by atoms with Crippen molar-refractivity contribution in [3.8, 4) is 0 Å². The summed E-state index contributed by atoms with van der Waals surface area (Å²) in [6.45, 7) is 3.15. The predicted molar refractivity (Wildman–Crippen MR) is 106 cm³/mol. The van der Waals surface area contributed by atoms with Gasteiger partial charge in [0, 0.05) is 24.2 Å². The Bertz CT molecular complexity index is 892. The minimum absolute atomic E-state index is 0.00469. The molecule has 0 aromatic heterocycles. The second-order valence-electron chi connectivity index (χ2n) is 7.97. The van der Waals surface area contributed by atoms with Crippen molar-refractivity contribution in [2.24, 2.45) is 5.92 Å². The number of carbonyl (C=O) groups is 2. The first-order valence-corrected chi connectivity index (χ1v) is 10.0. The monoisotopic (exact) mass is 398 g/mol. The van der Waals surface area contributed by atoms with Crippen molar-refractivity contribution >= 4 is 12.1 Å². The molecule has 0 aliphatic carbocycles. The topological polar surface area (TPSA) is 40.6 Å². The fourth-order valence-corrected chi connectivity index (χ4v) is 4.44. The van der Waals surface area contributed by atoms with Crippen LogP contribution in [0.3, 0.4) is 0 Å². The summed E-state index contributed by atoms with van der Waals surface area (Å²) in [4.78, 5) is 28.2. The molecule has 4 nitrogen and oxygen atoms in total. The van der Waals surface area contributed by atoms with E-state index in [-0.39, 0.29) is 23.5 Å². The van der Waals surface area contributed by atoms with Gasteiger partial charge in [-0.25, -0.2) is 8.78 Å². The van der Waals surface area contributed by atoms with Crippen molar-refractivity contribution in [2.45, 2.75) is 25.4 Å². The zero-order valence-electron chi connectivity index (χ0n) is 16.2. The molecule has 2 aromatic carbocycles. The van der Waals surface area contributed by atoms with Crippen LogP contribution in [0, 0.1) is 17.6 Å². The van der Waals surface area contributed by atoms with Gasteiger partial charge in [-0.3, -0.25) is 14.6 Å². The summed E-state index contributed by atoms with van der Waals surface area (Å²) in [5, 5.41) is 0. The van der Waals surface area contributed by atoms with Crippen LogP contribution in [-0.2, 0) is 11.3 Å². The molecule has 152 valence electrons. The highest BCUT2D eigenvalue weighted by Crippen LogP contribution is 2.35. The van der Waals surface area contributed by atoms with Crippen molar-refractivity contribution in [3.05, 3.63) is 70.8 Å². The summed E-state index contributed by atoms with van der Waals surface area (Å²) in [6, 6.07) is 10.2. The van der Waals surface area contributed by atoms with E-state index in [0.29, 0.717) is 30.1 Å². The molecule has 29 heavy (non-hydrogen) atoms. The van der Waals surface area contributed by atoms with Gasteiger partial charge < -0.3 is 4.79 Å². The number of fused-ring (bicyclic) bond motifs is 1. The summed E-state index contributed by atoms with van der Waals surface area (Å²) in [6.07, 6.45) is 2.76. The van der Waals surface area contributed by atoms with Crippen LogP contribution >= 0.6 is 0 Å². The number of likely N-dealkylation sites (tertiary alicyclic amines) is 1. The third-order valence-corrected chi connectivity index (χ3v) is 6.09. The normalized spacial score (nSPS) is 20.6. The van der Waals surface area contributed by atoms with E-state index in [1.807, 2.05) is 6.07 Å². The average Bonchev–Trinajstić information content (AvgIpc) is 3.08. The lowest BCUT2D eigenvalue weighted by Gasteiger charge is -2.34. The number of rotatable bonds is 6. The number of piperidine rings is 1. The Hall–Kier alpha value is -2.44. The number of benzene rings is 2. The van der Waals surface area contributed by atoms with Crippen molar-refractivity contribution < 1.29 is 18.4 Å². The van der Waals surface area contributed by atoms with E-state index in [4.69, 9.17) is 0 Å². The number of hydrogen-bond donors (Lipinski definition) is 0. The maximum Gasteiger partial charge on any atom is 0.176 e. The quantitative estimate of drug-likeness (QED) is 0.551. The molecule has 0 spiro atoms. The number of ketones is 1. The first kappa shape index (κ1) is 19.9. The fourth-order valence-electron chi connectivity index (χ4n) is 4.44. The SMILES string of the molecule is O=CC1c2cccc(F)c2CN1CC1CCN(CC(=O)c2ccc(F)cc2)CC1. The van der Waals surface area contributed by atoms with Crippen molar-refractivity contribution in [2.75, 3.05) is 26.2 Å². The minimum atomic E-state index is -0.376. The highest BCUT2D eigenvalue weighted by Gasteiger charge is 2.34. The number of halogens is 2. The summed E-state index contributed by atoms with van der Waals surface area (Å²) in [5.74, 6) is -0.187. The second kappa shape index (κ2) is 8.51. The summed E-state index contributed by atoms with van der Waals surface area (Å²) in [7, 11) is 0. The minimum Gasteiger partial charge on any atom is -0.301 e. The lowest BCUT2D eigenvalue weighted by Crippen LogP contribution is -2.40. The standard InChI is InChI=1S/C23H24F2N2O2/c24-18-6-4-17(5-7-18)23(29)14-26-10-8-16(9-11-26)12-27-13-20-19(22(27)15-28)2-1-3-21(20)25/h1-7,15-16,22H,8-14H2. The van der Waals surface area contributed by atoms with Crippen LogP contribution in [0.5, 0.6) is 0 Å². The van der Waals surface area contributed by atoms with Crippen LogP contribution < -0.4 is 0 Å². The maximum atomic E-state index is 14.1. The van der Waals surface area contributed by atoms with Gasteiger partial charge in [0.1, 0.15) is 17.9 Å². The fraction of sp³-hybridized carbons (Fsp3) is 0.391. The molecule has 0 N–H and O–H groups in total. The zero-order chi connectivity index (χ0) is 20.4. The third-order valence-electron chi connectivity index (χ3n) is 6.09. The van der Waals surface area contributed by atoms with Crippen LogP contribution in [0.25, 0.3) is 0 Å². The molecule has 2 aliphatic rings. The molecule has 6 heteroatoms. The van der Waals surface area contributed by atoms with Crippen LogP contribution in [0.2, 0.25) is 0 Å². The molecule has 0 radical (unpaired) electrons. The molecule has 2 aromatic rings. The lowest BCUT2D eigenvalue weighted by atomic mass is 9.95. The summed E-state index contributed by atoms with van der Waals surface area (Å²) < 4.78 is 27.1. The molecule has 0 saturated carbocycles. The van der Waals surface area contributed by atoms with Gasteiger partial charge >= 0.3 is 0 Å². The maximum absolute atomic E-state index is 14.1. The molecule has 1 saturated heterocycles. The van der Waals surface area contributed by atoms with E-state index in [1.54, 1.807) is 6.07 Å². The lowest BCUT2D eigenvalue weighted by molar-refractivity contribution is -0.112. The molecule has 4 rings (SSSR count). The van der Waals surface area contributed by atoms with E-state index in [0.717, 1.165) is 44.3 Å². The molecule has 2 heterocycles. The smallest absolute Gasteiger partial charge is 0.176 e. The van der Waals surface area contributed by atoms with Crippen LogP contribution in [0.1, 0.15) is 40.4 Å². The predicted octanol–water partition coefficient (Wildman–Crippen LogP) is 3.62. The average molecular weight is 398 g/mol. The molecule has 1 unspecified atom stereocenters. The van der Waals surface area contributed by atoms with Gasteiger partial charge in [0.05, 0.1) is 12.6 Å². The number of aldehydes is 1. The first-order chi connectivity index (χ1) is 14.0. The Morgan fingerprint density at radius 1 is 1.07 bits per heavy atom. The Morgan fingerprint density at radius 3 is 2.48 bits per heavy atom. The van der Waals surface area contributed by atoms with Gasteiger partial charge in [-0.15, -0.1) is 0 Å². The van der Waals surface area contributed by atoms with Crippen LogP contribution in [0.4, 0.5) is 8.78 Å². The van der Waals surface area contributed by atoms with Gasteiger partial charge in [-0.1, -0.05) is 12.1 Å². The number of Topliss-reactive ketones (excluding diaryl/α,β-unsaturated/α-hetero) is 1. The second-order valence-corrected chi connectivity index (χ2v) is 7.97. The van der Waals surface area contributed by atoms with E-state index in [9.17, 15) is 18.4 Å². The van der Waals surface area contributed by atoms with E-state index < -0.39 is 0 Å². The van der Waals surface area contributed by atoms with Gasteiger partial charge in [-0.05, 0) is 67.7 Å². The Labute approximate surface area is 169 Å². The highest BCUT2D eigenvalue weighted by molar-refractivity contribution is 5.97. The first-order valence-electron chi connectivity index (χ1n) is 10.0. The molecule has 2 aliphatic heterocycles. The number of hydrogen-bond acceptors (Lipinski definition) is 4. The Kier molecular flexibility index (Phi) is 5.83. The molecule has 0 amide bonds. The van der Waals surface area contributed by atoms with E-state index >= 15 is 0 Å². The van der Waals surface area contributed by atoms with Gasteiger partial charge in [-0.2, -0.15) is 0 Å². The Morgan fingerprint density at radius 2 is 1.79 bits per heavy atom. The zero-order valence-corrected chi connectivity index (χ0v) is 16.2. The molecule has 1 atom stereocenters. The molecule has 0 bridgehead atoms. The number of nitrogens with zero attached hydrogens (tertiary/aromatic N) is 2. The van der Waals surface area contributed by atoms with E-state index in [2.05, 4.69) is 9.80 Å². The van der Waals surface area contributed by atoms with Crippen molar-refractivity contribution in [1.82, 2.24) is 9.80 Å². The third kappa shape index (κ3) is 4.28. The largest absolute Gasteiger partial charge is 0.301 e. The van der Waals surface area contributed by atoms with E-state index in [1.165, 1.54) is 30.3 Å². The summed E-state index contributed by atoms with van der Waals surface area (Å²) >= 11 is 0. The Balaban J connectivity index is 1.30. The summed E-state index contributed by atoms with van der Waals surface area (Å²) in [5.41, 5.74) is 1.94. The van der Waals surface area contributed by atoms with Gasteiger partial charge in [0.15, 0.2) is 5.78 Å². The molecular weight excluding hydrogens is 374 g/mol. The van der Waals surface area contributed by atoms with Crippen molar-refractivity contribution in [3.63, 3.8) is 0 Å². The van der Waals surface area contributed by atoms with Crippen LogP contribution in [0.15, 0.2) is 42.5 Å². The van der Waals surface area contributed by atoms with Gasteiger partial charge in [0.2, 0.25) is 0 Å². The molecular formula is C23H24F2N2O2. The number of carbonyl (C=O) groups excluding carboxylic acids is 2.